The van der Waals surface area contributed by atoms with E-state index in [1.165, 1.54) is 0 Å². The second-order valence-electron chi connectivity index (χ2n) is 3.15. The molecular weight excluding hydrogens is 186 g/mol. The van der Waals surface area contributed by atoms with Crippen LogP contribution in [0.2, 0.25) is 0 Å². The van der Waals surface area contributed by atoms with Crippen LogP contribution in [0, 0.1) is 0 Å². The minimum Gasteiger partial charge on any atom is -0.381 e. The Kier molecular flexibility index (Phi) is 2.62. The molecule has 0 atom stereocenters. The fourth-order valence-corrected chi connectivity index (χ4v) is 2.53. The van der Waals surface area contributed by atoms with E-state index in [4.69, 9.17) is 9.47 Å². The summed E-state index contributed by atoms with van der Waals surface area (Å²) in [6.07, 6.45) is 3.66. The van der Waals surface area contributed by atoms with Gasteiger partial charge >= 0.3 is 0 Å². The number of hydrogen-bond donors (Lipinski definition) is 0. The van der Waals surface area contributed by atoms with Gasteiger partial charge in [0.1, 0.15) is 10.6 Å². The van der Waals surface area contributed by atoms with Crippen LogP contribution in [0.5, 0.6) is 0 Å². The van der Waals surface area contributed by atoms with Crippen molar-refractivity contribution in [3.05, 3.63) is 16.6 Å². The van der Waals surface area contributed by atoms with E-state index in [1.54, 1.807) is 18.4 Å². The van der Waals surface area contributed by atoms with Crippen molar-refractivity contribution in [2.75, 3.05) is 20.3 Å². The minimum atomic E-state index is -0.174. The smallest absolute Gasteiger partial charge is 0.125 e. The normalized spacial score (nSPS) is 21.6. The molecule has 0 N–H and O–H groups in total. The number of hydrogen-bond acceptors (Lipinski definition) is 4. The Labute approximate surface area is 81.7 Å². The van der Waals surface area contributed by atoms with Gasteiger partial charge < -0.3 is 9.47 Å². The molecule has 0 spiro atoms. The van der Waals surface area contributed by atoms with E-state index >= 15 is 0 Å². The number of nitrogens with zero attached hydrogens (tertiary/aromatic N) is 1. The van der Waals surface area contributed by atoms with Gasteiger partial charge in [-0.15, -0.1) is 11.3 Å². The fourth-order valence-electron chi connectivity index (χ4n) is 1.65. The number of rotatable bonds is 2. The van der Waals surface area contributed by atoms with Crippen LogP contribution >= 0.6 is 11.3 Å². The second-order valence-corrected chi connectivity index (χ2v) is 4.04. The van der Waals surface area contributed by atoms with Gasteiger partial charge in [0.25, 0.3) is 0 Å². The highest BCUT2D eigenvalue weighted by Crippen LogP contribution is 2.36. The first-order valence-corrected chi connectivity index (χ1v) is 5.28. The molecule has 0 aromatic carbocycles. The maximum Gasteiger partial charge on any atom is 0.125 e. The Hall–Kier alpha value is -0.450. The van der Waals surface area contributed by atoms with E-state index in [1.807, 2.05) is 11.6 Å². The second kappa shape index (κ2) is 3.74. The van der Waals surface area contributed by atoms with Gasteiger partial charge in [-0.3, -0.25) is 0 Å². The molecule has 0 bridgehead atoms. The highest BCUT2D eigenvalue weighted by atomic mass is 32.1. The molecule has 1 aromatic heterocycles. The third-order valence-corrected chi connectivity index (χ3v) is 3.47. The summed E-state index contributed by atoms with van der Waals surface area (Å²) in [4.78, 5) is 4.32. The molecule has 72 valence electrons. The summed E-state index contributed by atoms with van der Waals surface area (Å²) in [5, 5.41) is 3.07. The Balaban J connectivity index is 2.23. The molecule has 0 saturated carbocycles. The summed E-state index contributed by atoms with van der Waals surface area (Å²) in [6.45, 7) is 1.54. The van der Waals surface area contributed by atoms with Crippen LogP contribution < -0.4 is 0 Å². The molecular formula is C9H13NO2S. The molecule has 4 heteroatoms. The van der Waals surface area contributed by atoms with Crippen LogP contribution in [-0.2, 0) is 15.1 Å². The highest BCUT2D eigenvalue weighted by molar-refractivity contribution is 7.09. The summed E-state index contributed by atoms with van der Waals surface area (Å²) in [6, 6.07) is 0. The molecule has 0 radical (unpaired) electrons. The van der Waals surface area contributed by atoms with Gasteiger partial charge in [0, 0.05) is 44.7 Å². The van der Waals surface area contributed by atoms with E-state index in [9.17, 15) is 0 Å². The van der Waals surface area contributed by atoms with Crippen LogP contribution in [0.3, 0.4) is 0 Å². The molecule has 2 heterocycles. The van der Waals surface area contributed by atoms with Gasteiger partial charge in [0.15, 0.2) is 0 Å². The maximum atomic E-state index is 5.59. The van der Waals surface area contributed by atoms with E-state index in [0.29, 0.717) is 0 Å². The molecule has 13 heavy (non-hydrogen) atoms. The lowest BCUT2D eigenvalue weighted by Crippen LogP contribution is -2.35. The molecule has 1 saturated heterocycles. The quantitative estimate of drug-likeness (QED) is 0.727. The molecule has 1 aliphatic rings. The lowest BCUT2D eigenvalue weighted by atomic mass is 9.95. The zero-order chi connectivity index (χ0) is 9.15. The van der Waals surface area contributed by atoms with Gasteiger partial charge in [0.05, 0.1) is 0 Å². The van der Waals surface area contributed by atoms with Crippen molar-refractivity contribution in [1.29, 1.82) is 0 Å². The van der Waals surface area contributed by atoms with Gasteiger partial charge in [-0.25, -0.2) is 4.98 Å². The molecule has 0 amide bonds. The topological polar surface area (TPSA) is 31.4 Å². The third kappa shape index (κ3) is 1.61. The van der Waals surface area contributed by atoms with Crippen LogP contribution in [0.4, 0.5) is 0 Å². The lowest BCUT2D eigenvalue weighted by molar-refractivity contribution is -0.0948. The van der Waals surface area contributed by atoms with Crippen LogP contribution in [0.15, 0.2) is 11.6 Å². The average Bonchev–Trinajstić information content (AvgIpc) is 2.72. The Morgan fingerprint density at radius 2 is 2.31 bits per heavy atom. The summed E-state index contributed by atoms with van der Waals surface area (Å²) in [5.41, 5.74) is -0.174. The SMILES string of the molecule is COC1(c2nccs2)CCOCC1. The van der Waals surface area contributed by atoms with Crippen molar-refractivity contribution < 1.29 is 9.47 Å². The number of methoxy groups -OCH3 is 1. The van der Waals surface area contributed by atoms with Crippen molar-refractivity contribution in [3.8, 4) is 0 Å². The molecule has 1 fully saturated rings. The Morgan fingerprint density at radius 3 is 2.85 bits per heavy atom. The Bertz CT molecular complexity index is 255. The monoisotopic (exact) mass is 199 g/mol. The van der Waals surface area contributed by atoms with E-state index < -0.39 is 0 Å². The molecule has 2 rings (SSSR count). The molecule has 0 unspecified atom stereocenters. The largest absolute Gasteiger partial charge is 0.381 e. The maximum absolute atomic E-state index is 5.59. The number of aromatic nitrogens is 1. The minimum absolute atomic E-state index is 0.174. The Morgan fingerprint density at radius 1 is 1.54 bits per heavy atom. The van der Waals surface area contributed by atoms with E-state index in [2.05, 4.69) is 4.98 Å². The van der Waals surface area contributed by atoms with Crippen molar-refractivity contribution >= 4 is 11.3 Å². The number of thiazole rings is 1. The number of ether oxygens (including phenoxy) is 2. The van der Waals surface area contributed by atoms with Gasteiger partial charge in [-0.05, 0) is 0 Å². The summed E-state index contributed by atoms with van der Waals surface area (Å²) in [7, 11) is 1.76. The zero-order valence-corrected chi connectivity index (χ0v) is 8.47. The summed E-state index contributed by atoms with van der Waals surface area (Å²) in [5.74, 6) is 0. The van der Waals surface area contributed by atoms with Gasteiger partial charge in [0.2, 0.25) is 0 Å². The van der Waals surface area contributed by atoms with Gasteiger partial charge in [-0.1, -0.05) is 0 Å². The zero-order valence-electron chi connectivity index (χ0n) is 7.66. The standard InChI is InChI=1S/C9H13NO2S/c1-11-9(2-5-12-6-3-9)8-10-4-7-13-8/h4,7H,2-3,5-6H2,1H3. The van der Waals surface area contributed by atoms with Crippen molar-refractivity contribution in [1.82, 2.24) is 4.98 Å². The van der Waals surface area contributed by atoms with Crippen molar-refractivity contribution in [2.24, 2.45) is 0 Å². The first-order chi connectivity index (χ1) is 6.37. The van der Waals surface area contributed by atoms with Crippen LogP contribution in [0.1, 0.15) is 17.8 Å². The molecule has 1 aliphatic heterocycles. The van der Waals surface area contributed by atoms with Crippen molar-refractivity contribution in [2.45, 2.75) is 18.4 Å². The average molecular weight is 199 g/mol. The predicted molar refractivity (Wildman–Crippen MR) is 50.9 cm³/mol. The highest BCUT2D eigenvalue weighted by Gasteiger charge is 2.36. The van der Waals surface area contributed by atoms with Gasteiger partial charge in [-0.2, -0.15) is 0 Å². The predicted octanol–water partition coefficient (Wildman–Crippen LogP) is 1.80. The molecule has 3 nitrogen and oxygen atoms in total. The third-order valence-electron chi connectivity index (χ3n) is 2.51. The molecule has 1 aromatic rings. The lowest BCUT2D eigenvalue weighted by Gasteiger charge is -2.33. The van der Waals surface area contributed by atoms with Crippen molar-refractivity contribution in [3.63, 3.8) is 0 Å². The summed E-state index contributed by atoms with van der Waals surface area (Å²) >= 11 is 1.66. The van der Waals surface area contributed by atoms with Crippen LogP contribution in [0.25, 0.3) is 0 Å². The molecule has 0 aliphatic carbocycles. The first-order valence-electron chi connectivity index (χ1n) is 4.40. The fraction of sp³-hybridized carbons (Fsp3) is 0.667. The van der Waals surface area contributed by atoms with E-state index in [0.717, 1.165) is 31.1 Å². The van der Waals surface area contributed by atoms with Crippen LogP contribution in [-0.4, -0.2) is 25.3 Å². The first kappa shape index (κ1) is 9.12. The summed E-state index contributed by atoms with van der Waals surface area (Å²) < 4.78 is 10.9. The van der Waals surface area contributed by atoms with E-state index in [-0.39, 0.29) is 5.60 Å².